The van der Waals surface area contributed by atoms with Crippen LogP contribution in [-0.2, 0) is 18.3 Å². The molecule has 0 bridgehead atoms. The maximum Gasteiger partial charge on any atom is 0.162 e. The Labute approximate surface area is 128 Å². The van der Waals surface area contributed by atoms with Gasteiger partial charge in [0.15, 0.2) is 5.65 Å². The van der Waals surface area contributed by atoms with E-state index in [1.165, 1.54) is 0 Å². The number of aryl methyl sites for hydroxylation is 1. The summed E-state index contributed by atoms with van der Waals surface area (Å²) >= 11 is 6.17. The summed E-state index contributed by atoms with van der Waals surface area (Å²) < 4.78 is 6.75. The van der Waals surface area contributed by atoms with Crippen LogP contribution in [0.1, 0.15) is 12.2 Å². The average molecular weight is 309 g/mol. The van der Waals surface area contributed by atoms with Gasteiger partial charge in [0.25, 0.3) is 0 Å². The van der Waals surface area contributed by atoms with E-state index in [1.807, 2.05) is 7.05 Å². The second-order valence-electron chi connectivity index (χ2n) is 4.61. The van der Waals surface area contributed by atoms with Gasteiger partial charge < -0.3 is 4.74 Å². The zero-order valence-electron chi connectivity index (χ0n) is 12.1. The Bertz CT molecular complexity index is 650. The fourth-order valence-electron chi connectivity index (χ4n) is 2.00. The summed E-state index contributed by atoms with van der Waals surface area (Å²) in [6.07, 6.45) is 2.10. The lowest BCUT2D eigenvalue weighted by molar-refractivity contribution is 0.144. The molecule has 0 aliphatic carbocycles. The fraction of sp³-hybridized carbons (Fsp3) is 0.538. The lowest BCUT2D eigenvalue weighted by atomic mass is 10.3. The molecular formula is C13H17ClN6O. The van der Waals surface area contributed by atoms with Crippen molar-refractivity contribution in [3.63, 3.8) is 0 Å². The van der Waals surface area contributed by atoms with Gasteiger partial charge in [-0.3, -0.25) is 9.58 Å². The Balaban J connectivity index is 2.19. The smallest absolute Gasteiger partial charge is 0.162 e. The minimum absolute atomic E-state index is 0.398. The van der Waals surface area contributed by atoms with E-state index in [1.54, 1.807) is 18.0 Å². The zero-order chi connectivity index (χ0) is 15.2. The maximum atomic E-state index is 8.73. The molecule has 0 spiro atoms. The molecule has 2 aromatic rings. The number of nitrogens with zero attached hydrogens (tertiary/aromatic N) is 6. The third-order valence-corrected chi connectivity index (χ3v) is 3.40. The molecule has 0 radical (unpaired) electrons. The van der Waals surface area contributed by atoms with Crippen LogP contribution in [0.15, 0.2) is 6.20 Å². The predicted octanol–water partition coefficient (Wildman–Crippen LogP) is 1.38. The normalized spacial score (nSPS) is 11.2. The number of fused-ring (bicyclic) bond motifs is 1. The molecule has 0 atom stereocenters. The quantitative estimate of drug-likeness (QED) is 0.719. The largest absolute Gasteiger partial charge is 0.383 e. The lowest BCUT2D eigenvalue weighted by Crippen LogP contribution is -2.29. The van der Waals surface area contributed by atoms with Gasteiger partial charge in [0.1, 0.15) is 11.0 Å². The van der Waals surface area contributed by atoms with Gasteiger partial charge in [0, 0.05) is 33.7 Å². The van der Waals surface area contributed by atoms with Gasteiger partial charge in [-0.15, -0.1) is 0 Å². The second kappa shape index (κ2) is 7.31. The van der Waals surface area contributed by atoms with E-state index in [-0.39, 0.29) is 0 Å². The zero-order valence-corrected chi connectivity index (χ0v) is 12.8. The topological polar surface area (TPSA) is 79.9 Å². The minimum Gasteiger partial charge on any atom is -0.383 e. The van der Waals surface area contributed by atoms with Gasteiger partial charge in [0.2, 0.25) is 0 Å². The molecule has 0 N–H and O–H groups in total. The van der Waals surface area contributed by atoms with Crippen molar-refractivity contribution in [2.75, 3.05) is 26.8 Å². The number of methoxy groups -OCH3 is 1. The number of hydrogen-bond donors (Lipinski definition) is 0. The molecule has 0 fully saturated rings. The van der Waals surface area contributed by atoms with E-state index >= 15 is 0 Å². The molecular weight excluding hydrogens is 292 g/mol. The SMILES string of the molecule is COCCN(CCC#N)Cc1nc(Cl)c2cnn(C)c2n1. The van der Waals surface area contributed by atoms with Crippen molar-refractivity contribution in [2.45, 2.75) is 13.0 Å². The van der Waals surface area contributed by atoms with Crippen molar-refractivity contribution in [2.24, 2.45) is 7.05 Å². The third kappa shape index (κ3) is 3.88. The summed E-state index contributed by atoms with van der Waals surface area (Å²) in [5.41, 5.74) is 0.706. The molecule has 2 rings (SSSR count). The van der Waals surface area contributed by atoms with Crippen LogP contribution in [0.25, 0.3) is 11.0 Å². The highest BCUT2D eigenvalue weighted by molar-refractivity contribution is 6.33. The van der Waals surface area contributed by atoms with Crippen LogP contribution >= 0.6 is 11.6 Å². The van der Waals surface area contributed by atoms with Crippen LogP contribution in [-0.4, -0.2) is 51.5 Å². The summed E-state index contributed by atoms with van der Waals surface area (Å²) in [4.78, 5) is 10.9. The Morgan fingerprint density at radius 3 is 2.95 bits per heavy atom. The summed E-state index contributed by atoms with van der Waals surface area (Å²) in [5.74, 6) is 0.616. The van der Waals surface area contributed by atoms with Gasteiger partial charge >= 0.3 is 0 Å². The molecule has 8 heteroatoms. The van der Waals surface area contributed by atoms with Crippen LogP contribution < -0.4 is 0 Å². The highest BCUT2D eigenvalue weighted by atomic mass is 35.5. The highest BCUT2D eigenvalue weighted by Gasteiger charge is 2.13. The summed E-state index contributed by atoms with van der Waals surface area (Å²) in [6, 6.07) is 2.14. The Hall–Kier alpha value is -1.75. The summed E-state index contributed by atoms with van der Waals surface area (Å²) in [6.45, 7) is 2.46. The molecule has 0 saturated heterocycles. The Morgan fingerprint density at radius 1 is 1.43 bits per heavy atom. The molecule has 2 aromatic heterocycles. The molecule has 2 heterocycles. The highest BCUT2D eigenvalue weighted by Crippen LogP contribution is 2.19. The number of nitriles is 1. The van der Waals surface area contributed by atoms with E-state index < -0.39 is 0 Å². The standard InChI is InChI=1S/C13H17ClN6O/c1-19-13-10(8-16-19)12(14)17-11(18-13)9-20(5-3-4-15)6-7-21-2/h8H,3,5-7,9H2,1-2H3. The van der Waals surface area contributed by atoms with Gasteiger partial charge in [-0.25, -0.2) is 9.97 Å². The lowest BCUT2D eigenvalue weighted by Gasteiger charge is -2.19. The van der Waals surface area contributed by atoms with E-state index in [0.717, 1.165) is 5.39 Å². The summed E-state index contributed by atoms with van der Waals surface area (Å²) in [5, 5.41) is 14.0. The monoisotopic (exact) mass is 308 g/mol. The predicted molar refractivity (Wildman–Crippen MR) is 78.7 cm³/mol. The van der Waals surface area contributed by atoms with Crippen molar-refractivity contribution in [1.29, 1.82) is 5.26 Å². The van der Waals surface area contributed by atoms with Crippen molar-refractivity contribution < 1.29 is 4.74 Å². The van der Waals surface area contributed by atoms with Crippen molar-refractivity contribution in [3.05, 3.63) is 17.2 Å². The van der Waals surface area contributed by atoms with E-state index in [9.17, 15) is 0 Å². The number of aromatic nitrogens is 4. The van der Waals surface area contributed by atoms with Crippen molar-refractivity contribution in [3.8, 4) is 6.07 Å². The Morgan fingerprint density at radius 2 is 2.24 bits per heavy atom. The minimum atomic E-state index is 0.398. The first-order valence-corrected chi connectivity index (χ1v) is 6.96. The molecule has 0 amide bonds. The molecule has 7 nitrogen and oxygen atoms in total. The van der Waals surface area contributed by atoms with Crippen LogP contribution in [0.3, 0.4) is 0 Å². The molecule has 0 aromatic carbocycles. The molecule has 21 heavy (non-hydrogen) atoms. The van der Waals surface area contributed by atoms with Crippen molar-refractivity contribution >= 4 is 22.6 Å². The van der Waals surface area contributed by atoms with Gasteiger partial charge in [0.05, 0.1) is 30.8 Å². The van der Waals surface area contributed by atoms with E-state index in [4.69, 9.17) is 21.6 Å². The molecule has 0 aliphatic heterocycles. The van der Waals surface area contributed by atoms with Crippen molar-refractivity contribution in [1.82, 2.24) is 24.6 Å². The number of rotatable bonds is 7. The number of halogens is 1. The van der Waals surface area contributed by atoms with Crippen LogP contribution in [0, 0.1) is 11.3 Å². The van der Waals surface area contributed by atoms with Crippen LogP contribution in [0.4, 0.5) is 0 Å². The molecule has 0 unspecified atom stereocenters. The molecule has 0 saturated carbocycles. The first-order valence-electron chi connectivity index (χ1n) is 6.58. The van der Waals surface area contributed by atoms with Gasteiger partial charge in [-0.05, 0) is 0 Å². The van der Waals surface area contributed by atoms with Gasteiger partial charge in [-0.1, -0.05) is 11.6 Å². The van der Waals surface area contributed by atoms with E-state index in [0.29, 0.717) is 49.3 Å². The Kier molecular flexibility index (Phi) is 5.44. The number of hydrogen-bond acceptors (Lipinski definition) is 6. The maximum absolute atomic E-state index is 8.73. The van der Waals surface area contributed by atoms with E-state index in [2.05, 4.69) is 26.0 Å². The molecule has 0 aliphatic rings. The fourth-order valence-corrected chi connectivity index (χ4v) is 2.23. The average Bonchev–Trinajstić information content (AvgIpc) is 2.84. The summed E-state index contributed by atoms with van der Waals surface area (Å²) in [7, 11) is 3.46. The third-order valence-electron chi connectivity index (χ3n) is 3.11. The number of ether oxygens (including phenoxy) is 1. The second-order valence-corrected chi connectivity index (χ2v) is 4.97. The molecule has 112 valence electrons. The first kappa shape index (κ1) is 15.6. The van der Waals surface area contributed by atoms with Crippen LogP contribution in [0.2, 0.25) is 5.15 Å². The van der Waals surface area contributed by atoms with Crippen LogP contribution in [0.5, 0.6) is 0 Å². The van der Waals surface area contributed by atoms with Gasteiger partial charge in [-0.2, -0.15) is 10.4 Å². The first-order chi connectivity index (χ1) is 10.2.